The third-order valence-electron chi connectivity index (χ3n) is 1.74. The molecule has 1 rings (SSSR count). The van der Waals surface area contributed by atoms with Gasteiger partial charge in [-0.1, -0.05) is 17.8 Å². The van der Waals surface area contributed by atoms with E-state index in [4.69, 9.17) is 5.73 Å². The predicted octanol–water partition coefficient (Wildman–Crippen LogP) is 2.71. The van der Waals surface area contributed by atoms with Gasteiger partial charge in [-0.3, -0.25) is 4.79 Å². The number of halogens is 3. The fourth-order valence-corrected chi connectivity index (χ4v) is 1.56. The summed E-state index contributed by atoms with van der Waals surface area (Å²) in [5.41, 5.74) is 5.83. The van der Waals surface area contributed by atoms with E-state index in [1.807, 2.05) is 0 Å². The number of hydrogen-bond donors (Lipinski definition) is 2. The Morgan fingerprint density at radius 1 is 1.47 bits per heavy atom. The molecule has 0 radical (unpaired) electrons. The summed E-state index contributed by atoms with van der Waals surface area (Å²) in [4.78, 5) is 11.7. The van der Waals surface area contributed by atoms with Crippen molar-refractivity contribution in [2.75, 3.05) is 5.32 Å². The summed E-state index contributed by atoms with van der Waals surface area (Å²) in [5, 5.41) is 2.53. The van der Waals surface area contributed by atoms with Gasteiger partial charge in [-0.05, 0) is 25.1 Å². The van der Waals surface area contributed by atoms with Crippen molar-refractivity contribution in [1.82, 2.24) is 0 Å². The van der Waals surface area contributed by atoms with Gasteiger partial charge in [0.2, 0.25) is 5.91 Å². The Balaban J connectivity index is 0.00000256. The van der Waals surface area contributed by atoms with Gasteiger partial charge in [0, 0.05) is 10.6 Å². The highest BCUT2D eigenvalue weighted by Crippen LogP contribution is 2.27. The van der Waals surface area contributed by atoms with Gasteiger partial charge in [0.15, 0.2) is 0 Å². The molecule has 96 valence electrons. The number of carbonyl (C=O) groups excluding carboxylic acids is 1. The Morgan fingerprint density at radius 2 is 2.12 bits per heavy atom. The summed E-state index contributed by atoms with van der Waals surface area (Å²) in [7, 11) is 0. The molecule has 0 unspecified atom stereocenters. The first kappa shape index (κ1) is 16.1. The molecule has 0 spiro atoms. The SMILES string of the molecule is C[C@H](N)C(=O)Nc1cccc(SC(F)F)c1.Cl. The normalized spacial score (nSPS) is 11.8. The van der Waals surface area contributed by atoms with Crippen molar-refractivity contribution in [3.63, 3.8) is 0 Å². The number of nitrogens with two attached hydrogens (primary N) is 1. The van der Waals surface area contributed by atoms with Crippen molar-refractivity contribution >= 4 is 35.8 Å². The van der Waals surface area contributed by atoms with Crippen molar-refractivity contribution in [3.05, 3.63) is 24.3 Å². The lowest BCUT2D eigenvalue weighted by atomic mass is 10.3. The molecule has 3 nitrogen and oxygen atoms in total. The zero-order chi connectivity index (χ0) is 12.1. The van der Waals surface area contributed by atoms with E-state index in [0.29, 0.717) is 22.3 Å². The molecule has 1 aromatic carbocycles. The number of alkyl halides is 2. The Labute approximate surface area is 109 Å². The van der Waals surface area contributed by atoms with Gasteiger partial charge in [0.1, 0.15) is 0 Å². The molecule has 1 amide bonds. The lowest BCUT2D eigenvalue weighted by molar-refractivity contribution is -0.117. The van der Waals surface area contributed by atoms with Crippen LogP contribution in [0.3, 0.4) is 0 Å². The van der Waals surface area contributed by atoms with Crippen LogP contribution in [-0.2, 0) is 4.79 Å². The van der Waals surface area contributed by atoms with Crippen molar-refractivity contribution in [2.24, 2.45) is 5.73 Å². The smallest absolute Gasteiger partial charge is 0.288 e. The molecule has 0 aliphatic rings. The predicted molar refractivity (Wildman–Crippen MR) is 67.8 cm³/mol. The van der Waals surface area contributed by atoms with Gasteiger partial charge < -0.3 is 11.1 Å². The van der Waals surface area contributed by atoms with Gasteiger partial charge in [-0.15, -0.1) is 12.4 Å². The fraction of sp³-hybridized carbons (Fsp3) is 0.300. The Hall–Kier alpha value is -0.850. The first-order valence-corrected chi connectivity index (χ1v) is 5.48. The minimum Gasteiger partial charge on any atom is -0.325 e. The summed E-state index contributed by atoms with van der Waals surface area (Å²) in [5.74, 6) is -2.82. The lowest BCUT2D eigenvalue weighted by Crippen LogP contribution is -2.32. The highest BCUT2D eigenvalue weighted by Gasteiger charge is 2.09. The van der Waals surface area contributed by atoms with Gasteiger partial charge >= 0.3 is 0 Å². The number of hydrogen-bond acceptors (Lipinski definition) is 3. The van der Waals surface area contributed by atoms with E-state index in [9.17, 15) is 13.6 Å². The van der Waals surface area contributed by atoms with E-state index in [1.54, 1.807) is 25.1 Å². The van der Waals surface area contributed by atoms with E-state index < -0.39 is 11.8 Å². The number of thioether (sulfide) groups is 1. The molecular formula is C10H13ClF2N2OS. The van der Waals surface area contributed by atoms with Crippen LogP contribution in [0, 0.1) is 0 Å². The monoisotopic (exact) mass is 282 g/mol. The number of benzene rings is 1. The summed E-state index contributed by atoms with van der Waals surface area (Å²) >= 11 is 0.432. The number of rotatable bonds is 4. The largest absolute Gasteiger partial charge is 0.325 e. The third kappa shape index (κ3) is 5.86. The molecule has 0 fully saturated rings. The molecule has 0 saturated carbocycles. The van der Waals surface area contributed by atoms with Crippen LogP contribution in [0.1, 0.15) is 6.92 Å². The molecule has 1 aromatic rings. The zero-order valence-electron chi connectivity index (χ0n) is 9.02. The second kappa shape index (κ2) is 7.47. The summed E-state index contributed by atoms with van der Waals surface area (Å²) < 4.78 is 24.2. The van der Waals surface area contributed by atoms with Crippen LogP contribution in [0.4, 0.5) is 14.5 Å². The second-order valence-corrected chi connectivity index (χ2v) is 4.25. The van der Waals surface area contributed by atoms with Crippen LogP contribution in [0.15, 0.2) is 29.2 Å². The van der Waals surface area contributed by atoms with Crippen LogP contribution in [0.2, 0.25) is 0 Å². The highest BCUT2D eigenvalue weighted by atomic mass is 35.5. The van der Waals surface area contributed by atoms with Crippen LogP contribution in [0.5, 0.6) is 0 Å². The summed E-state index contributed by atoms with van der Waals surface area (Å²) in [6.45, 7) is 1.55. The van der Waals surface area contributed by atoms with E-state index in [0.717, 1.165) is 0 Å². The third-order valence-corrected chi connectivity index (χ3v) is 2.44. The molecule has 0 aliphatic carbocycles. The first-order valence-electron chi connectivity index (χ1n) is 4.60. The highest BCUT2D eigenvalue weighted by molar-refractivity contribution is 7.99. The van der Waals surface area contributed by atoms with Crippen molar-refractivity contribution < 1.29 is 13.6 Å². The fourth-order valence-electron chi connectivity index (χ4n) is 1.01. The molecule has 0 saturated heterocycles. The van der Waals surface area contributed by atoms with Crippen molar-refractivity contribution in [1.29, 1.82) is 0 Å². The molecule has 17 heavy (non-hydrogen) atoms. The maximum Gasteiger partial charge on any atom is 0.288 e. The molecule has 0 heterocycles. The molecule has 0 bridgehead atoms. The van der Waals surface area contributed by atoms with Crippen LogP contribution in [-0.4, -0.2) is 17.7 Å². The average molecular weight is 283 g/mol. The van der Waals surface area contributed by atoms with E-state index in [-0.39, 0.29) is 18.3 Å². The van der Waals surface area contributed by atoms with Crippen molar-refractivity contribution in [2.45, 2.75) is 23.6 Å². The Bertz CT molecular complexity index is 377. The lowest BCUT2D eigenvalue weighted by Gasteiger charge is -2.08. The number of amides is 1. The minimum atomic E-state index is -2.47. The molecule has 0 aliphatic heterocycles. The van der Waals surface area contributed by atoms with E-state index >= 15 is 0 Å². The van der Waals surface area contributed by atoms with Gasteiger partial charge in [0.25, 0.3) is 5.76 Å². The Kier molecular flexibility index (Phi) is 7.10. The quantitative estimate of drug-likeness (QED) is 0.835. The molecule has 0 aromatic heterocycles. The summed E-state index contributed by atoms with van der Waals surface area (Å²) in [6.07, 6.45) is 0. The zero-order valence-corrected chi connectivity index (χ0v) is 10.7. The summed E-state index contributed by atoms with van der Waals surface area (Å²) in [6, 6.07) is 5.62. The van der Waals surface area contributed by atoms with Gasteiger partial charge in [-0.25, -0.2) is 0 Å². The molecule has 1 atom stereocenters. The number of carbonyl (C=O) groups is 1. The molecule has 3 N–H and O–H groups in total. The van der Waals surface area contributed by atoms with Gasteiger partial charge in [0.05, 0.1) is 6.04 Å². The van der Waals surface area contributed by atoms with Gasteiger partial charge in [-0.2, -0.15) is 8.78 Å². The topological polar surface area (TPSA) is 55.1 Å². The average Bonchev–Trinajstić information content (AvgIpc) is 2.16. The standard InChI is InChI=1S/C10H12F2N2OS.ClH/c1-6(13)9(15)14-7-3-2-4-8(5-7)16-10(11)12;/h2-6,10H,13H2,1H3,(H,14,15);1H/t6-;/m0./s1. The van der Waals surface area contributed by atoms with Crippen LogP contribution < -0.4 is 11.1 Å². The maximum absolute atomic E-state index is 12.1. The molecular weight excluding hydrogens is 270 g/mol. The van der Waals surface area contributed by atoms with Crippen molar-refractivity contribution in [3.8, 4) is 0 Å². The number of nitrogens with one attached hydrogen (secondary N) is 1. The minimum absolute atomic E-state index is 0. The van der Waals surface area contributed by atoms with Crippen LogP contribution in [0.25, 0.3) is 0 Å². The Morgan fingerprint density at radius 3 is 2.65 bits per heavy atom. The number of anilines is 1. The first-order chi connectivity index (χ1) is 7.49. The van der Waals surface area contributed by atoms with E-state index in [2.05, 4.69) is 5.32 Å². The molecule has 7 heteroatoms. The van der Waals surface area contributed by atoms with E-state index in [1.165, 1.54) is 6.07 Å². The second-order valence-electron chi connectivity index (χ2n) is 3.18. The maximum atomic E-state index is 12.1. The van der Waals surface area contributed by atoms with Crippen LogP contribution >= 0.6 is 24.2 Å².